The van der Waals surface area contributed by atoms with E-state index in [4.69, 9.17) is 5.11 Å². The van der Waals surface area contributed by atoms with Crippen molar-refractivity contribution in [2.75, 3.05) is 11.9 Å². The topological polar surface area (TPSA) is 91.3 Å². The first-order valence-corrected chi connectivity index (χ1v) is 5.96. The van der Waals surface area contributed by atoms with Crippen LogP contribution < -0.4 is 10.6 Å². The summed E-state index contributed by atoms with van der Waals surface area (Å²) in [6, 6.07) is -0.736. The second-order valence-electron chi connectivity index (χ2n) is 3.78. The zero-order valence-electron chi connectivity index (χ0n) is 9.24. The standard InChI is InChI=1S/C9H8F3N3O3S/c10-9(11,12)8-15-4(7(17)18)6(19-8)14-3-1-2-13-5(3)16/h3,14H,1-2H2,(H,13,16)(H,17,18). The number of rotatable bonds is 3. The molecule has 6 nitrogen and oxygen atoms in total. The van der Waals surface area contributed by atoms with Gasteiger partial charge in [0.15, 0.2) is 5.69 Å². The van der Waals surface area contributed by atoms with Gasteiger partial charge in [-0.2, -0.15) is 13.2 Å². The molecule has 0 spiro atoms. The molecule has 10 heteroatoms. The van der Waals surface area contributed by atoms with Gasteiger partial charge in [0.2, 0.25) is 10.9 Å². The maximum Gasteiger partial charge on any atom is 0.443 e. The molecule has 1 amide bonds. The first kappa shape index (κ1) is 13.6. The average molecular weight is 295 g/mol. The average Bonchev–Trinajstić information content (AvgIpc) is 2.86. The summed E-state index contributed by atoms with van der Waals surface area (Å²) in [6.45, 7) is 0.393. The highest BCUT2D eigenvalue weighted by Gasteiger charge is 2.38. The number of aromatic carboxylic acids is 1. The SMILES string of the molecule is O=C(O)c1nc(C(F)(F)F)sc1NC1CCNC1=O. The predicted molar refractivity (Wildman–Crippen MR) is 59.1 cm³/mol. The van der Waals surface area contributed by atoms with Crippen molar-refractivity contribution in [1.82, 2.24) is 10.3 Å². The van der Waals surface area contributed by atoms with Crippen LogP contribution in [0.3, 0.4) is 0 Å². The zero-order valence-corrected chi connectivity index (χ0v) is 10.1. The number of anilines is 1. The van der Waals surface area contributed by atoms with E-state index in [9.17, 15) is 22.8 Å². The van der Waals surface area contributed by atoms with E-state index in [1.54, 1.807) is 0 Å². The van der Waals surface area contributed by atoms with Crippen LogP contribution in [0.2, 0.25) is 0 Å². The van der Waals surface area contributed by atoms with Crippen LogP contribution >= 0.6 is 11.3 Å². The van der Waals surface area contributed by atoms with Crippen molar-refractivity contribution in [2.45, 2.75) is 18.6 Å². The molecule has 1 saturated heterocycles. The molecule has 0 aromatic carbocycles. The molecule has 1 aromatic rings. The van der Waals surface area contributed by atoms with E-state index in [1.165, 1.54) is 0 Å². The number of nitrogens with one attached hydrogen (secondary N) is 2. The second kappa shape index (κ2) is 4.68. The molecule has 2 rings (SSSR count). The summed E-state index contributed by atoms with van der Waals surface area (Å²) in [5.74, 6) is -1.95. The van der Waals surface area contributed by atoms with Crippen molar-refractivity contribution in [3.05, 3.63) is 10.7 Å². The van der Waals surface area contributed by atoms with E-state index < -0.39 is 28.9 Å². The summed E-state index contributed by atoms with van der Waals surface area (Å²) in [5, 5.41) is 12.3. The molecule has 1 fully saturated rings. The minimum Gasteiger partial charge on any atom is -0.476 e. The van der Waals surface area contributed by atoms with E-state index in [1.807, 2.05) is 0 Å². The first-order valence-electron chi connectivity index (χ1n) is 5.14. The molecule has 1 atom stereocenters. The van der Waals surface area contributed by atoms with Gasteiger partial charge in [-0.25, -0.2) is 9.78 Å². The Balaban J connectivity index is 2.30. The van der Waals surface area contributed by atoms with Gasteiger partial charge in [-0.1, -0.05) is 11.3 Å². The van der Waals surface area contributed by atoms with Crippen molar-refractivity contribution >= 4 is 28.2 Å². The van der Waals surface area contributed by atoms with Gasteiger partial charge >= 0.3 is 12.1 Å². The summed E-state index contributed by atoms with van der Waals surface area (Å²) in [4.78, 5) is 25.2. The highest BCUT2D eigenvalue weighted by Crippen LogP contribution is 2.37. The van der Waals surface area contributed by atoms with E-state index in [2.05, 4.69) is 15.6 Å². The number of alkyl halides is 3. The summed E-state index contributed by atoms with van der Waals surface area (Å²) in [6.07, 6.45) is -4.34. The van der Waals surface area contributed by atoms with Crippen LogP contribution in [0.25, 0.3) is 0 Å². The largest absolute Gasteiger partial charge is 0.476 e. The third-order valence-corrected chi connectivity index (χ3v) is 3.46. The van der Waals surface area contributed by atoms with Gasteiger partial charge in [0, 0.05) is 6.54 Å². The summed E-state index contributed by atoms with van der Waals surface area (Å²) >= 11 is 0.176. The Kier molecular flexibility index (Phi) is 3.35. The molecule has 0 aliphatic carbocycles. The lowest BCUT2D eigenvalue weighted by atomic mass is 10.2. The normalized spacial score (nSPS) is 19.3. The number of aromatic nitrogens is 1. The molecule has 0 bridgehead atoms. The lowest BCUT2D eigenvalue weighted by molar-refractivity contribution is -0.137. The van der Waals surface area contributed by atoms with Gasteiger partial charge in [-0.3, -0.25) is 4.79 Å². The fourth-order valence-corrected chi connectivity index (χ4v) is 2.45. The number of hydrogen-bond donors (Lipinski definition) is 3. The van der Waals surface area contributed by atoms with E-state index in [-0.39, 0.29) is 22.2 Å². The molecule has 3 N–H and O–H groups in total. The molecule has 1 aromatic heterocycles. The van der Waals surface area contributed by atoms with Gasteiger partial charge in [0.05, 0.1) is 0 Å². The Hall–Kier alpha value is -1.84. The van der Waals surface area contributed by atoms with Gasteiger partial charge in [0.25, 0.3) is 0 Å². The van der Waals surface area contributed by atoms with Crippen LogP contribution in [0.1, 0.15) is 21.9 Å². The van der Waals surface area contributed by atoms with Crippen molar-refractivity contribution in [3.63, 3.8) is 0 Å². The van der Waals surface area contributed by atoms with E-state index in [0.29, 0.717) is 13.0 Å². The summed E-state index contributed by atoms with van der Waals surface area (Å²) < 4.78 is 37.4. The van der Waals surface area contributed by atoms with Gasteiger partial charge in [0.1, 0.15) is 11.0 Å². The summed E-state index contributed by atoms with van der Waals surface area (Å²) in [5.41, 5.74) is -0.725. The fraction of sp³-hybridized carbons (Fsp3) is 0.444. The maximum absolute atomic E-state index is 12.5. The molecule has 104 valence electrons. The fourth-order valence-electron chi connectivity index (χ4n) is 1.57. The minimum absolute atomic E-state index is 0.176. The number of hydrogen-bond acceptors (Lipinski definition) is 5. The van der Waals surface area contributed by atoms with Gasteiger partial charge in [-0.05, 0) is 6.42 Å². The number of halogens is 3. The summed E-state index contributed by atoms with van der Waals surface area (Å²) in [7, 11) is 0. The lowest BCUT2D eigenvalue weighted by Gasteiger charge is -2.09. The maximum atomic E-state index is 12.5. The number of amides is 1. The Morgan fingerprint density at radius 2 is 2.21 bits per heavy atom. The molecule has 19 heavy (non-hydrogen) atoms. The van der Waals surface area contributed by atoms with Crippen LogP contribution in [-0.2, 0) is 11.0 Å². The highest BCUT2D eigenvalue weighted by molar-refractivity contribution is 7.16. The van der Waals surface area contributed by atoms with E-state index in [0.717, 1.165) is 0 Å². The van der Waals surface area contributed by atoms with Crippen LogP contribution in [0, 0.1) is 0 Å². The van der Waals surface area contributed by atoms with Crippen molar-refractivity contribution < 1.29 is 27.9 Å². The number of nitrogens with zero attached hydrogens (tertiary/aromatic N) is 1. The van der Waals surface area contributed by atoms with E-state index >= 15 is 0 Å². The van der Waals surface area contributed by atoms with Crippen LogP contribution in [0.5, 0.6) is 0 Å². The Bertz CT molecular complexity index is 529. The minimum atomic E-state index is -4.72. The molecule has 2 heterocycles. The monoisotopic (exact) mass is 295 g/mol. The van der Waals surface area contributed by atoms with Gasteiger partial charge < -0.3 is 15.7 Å². The molecule has 1 aliphatic heterocycles. The number of carboxylic acids is 1. The molecule has 0 saturated carbocycles. The zero-order chi connectivity index (χ0) is 14.2. The number of thiazole rings is 1. The Morgan fingerprint density at radius 3 is 2.68 bits per heavy atom. The van der Waals surface area contributed by atoms with Crippen molar-refractivity contribution in [1.29, 1.82) is 0 Å². The van der Waals surface area contributed by atoms with Crippen molar-refractivity contribution in [3.8, 4) is 0 Å². The van der Waals surface area contributed by atoms with Crippen LogP contribution in [0.4, 0.5) is 18.2 Å². The smallest absolute Gasteiger partial charge is 0.443 e. The van der Waals surface area contributed by atoms with Crippen molar-refractivity contribution in [2.24, 2.45) is 0 Å². The molecule has 1 aliphatic rings. The second-order valence-corrected chi connectivity index (χ2v) is 4.78. The van der Waals surface area contributed by atoms with Gasteiger partial charge in [-0.15, -0.1) is 0 Å². The molecular formula is C9H8F3N3O3S. The third kappa shape index (κ3) is 2.78. The third-order valence-electron chi connectivity index (χ3n) is 2.43. The molecule has 1 unspecified atom stereocenters. The Morgan fingerprint density at radius 1 is 1.53 bits per heavy atom. The molecule has 0 radical (unpaired) electrons. The highest BCUT2D eigenvalue weighted by atomic mass is 32.1. The quantitative estimate of drug-likeness (QED) is 0.778. The molecular weight excluding hydrogens is 287 g/mol. The number of carbonyl (C=O) groups excluding carboxylic acids is 1. The predicted octanol–water partition coefficient (Wildman–Crippen LogP) is 1.16. The number of carboxylic acid groups (broad SMARTS) is 1. The first-order chi connectivity index (χ1) is 8.79. The lowest BCUT2D eigenvalue weighted by Crippen LogP contribution is -2.29. The van der Waals surface area contributed by atoms with Crippen LogP contribution in [0.15, 0.2) is 0 Å². The van der Waals surface area contributed by atoms with Crippen LogP contribution in [-0.4, -0.2) is 34.6 Å². The number of carbonyl (C=O) groups is 2. The Labute approximate surface area is 108 Å².